The van der Waals surface area contributed by atoms with Crippen LogP contribution in [0.4, 0.5) is 5.69 Å². The van der Waals surface area contributed by atoms with E-state index < -0.39 is 10.0 Å². The summed E-state index contributed by atoms with van der Waals surface area (Å²) >= 11 is 1.58. The van der Waals surface area contributed by atoms with Gasteiger partial charge >= 0.3 is 0 Å². The van der Waals surface area contributed by atoms with Gasteiger partial charge in [0.25, 0.3) is 10.0 Å². The molecular weight excluding hydrogens is 330 g/mol. The van der Waals surface area contributed by atoms with E-state index in [4.69, 9.17) is 4.74 Å². The monoisotopic (exact) mass is 351 g/mol. The minimum atomic E-state index is -3.63. The van der Waals surface area contributed by atoms with E-state index in [1.165, 1.54) is 4.31 Å². The van der Waals surface area contributed by atoms with Crippen LogP contribution in [0.3, 0.4) is 0 Å². The molecule has 6 heteroatoms. The first-order valence-electron chi connectivity index (χ1n) is 7.43. The second-order valence-electron chi connectivity index (χ2n) is 4.75. The molecular formula is C17H21NO3S2. The van der Waals surface area contributed by atoms with Crippen LogP contribution in [-0.4, -0.2) is 27.8 Å². The lowest BCUT2D eigenvalue weighted by Crippen LogP contribution is -2.31. The van der Waals surface area contributed by atoms with Crippen LogP contribution in [0.5, 0.6) is 5.75 Å². The Morgan fingerprint density at radius 2 is 1.70 bits per heavy atom. The Morgan fingerprint density at radius 3 is 2.26 bits per heavy atom. The third-order valence-corrected chi connectivity index (χ3v) is 6.02. The Balaban J connectivity index is 2.46. The largest absolute Gasteiger partial charge is 0.492 e. The molecule has 0 atom stereocenters. The highest BCUT2D eigenvalue weighted by molar-refractivity contribution is 7.98. The van der Waals surface area contributed by atoms with Crippen LogP contribution in [-0.2, 0) is 10.0 Å². The molecule has 0 unspecified atom stereocenters. The molecule has 0 bridgehead atoms. The number of rotatable bonds is 7. The zero-order valence-electron chi connectivity index (χ0n) is 13.5. The van der Waals surface area contributed by atoms with Gasteiger partial charge in [0.2, 0.25) is 0 Å². The maximum absolute atomic E-state index is 13.0. The van der Waals surface area contributed by atoms with E-state index in [9.17, 15) is 8.42 Å². The molecule has 0 heterocycles. The average molecular weight is 351 g/mol. The van der Waals surface area contributed by atoms with Crippen molar-refractivity contribution in [1.82, 2.24) is 0 Å². The Bertz CT molecular complexity index is 743. The first-order chi connectivity index (χ1) is 11.0. The molecule has 124 valence electrons. The van der Waals surface area contributed by atoms with Gasteiger partial charge in [-0.05, 0) is 56.5 Å². The topological polar surface area (TPSA) is 46.6 Å². The summed E-state index contributed by atoms with van der Waals surface area (Å²) in [7, 11) is -3.63. The van der Waals surface area contributed by atoms with Gasteiger partial charge in [0, 0.05) is 11.4 Å². The Morgan fingerprint density at radius 1 is 1.04 bits per heavy atom. The second kappa shape index (κ2) is 7.75. The zero-order valence-corrected chi connectivity index (χ0v) is 15.2. The number of sulfonamides is 1. The van der Waals surface area contributed by atoms with Crippen molar-refractivity contribution in [3.63, 3.8) is 0 Å². The smallest absolute Gasteiger partial charge is 0.264 e. The summed E-state index contributed by atoms with van der Waals surface area (Å²) in [5.74, 6) is 0.571. The fraction of sp³-hybridized carbons (Fsp3) is 0.294. The van der Waals surface area contributed by atoms with Crippen molar-refractivity contribution in [3.05, 3.63) is 48.5 Å². The van der Waals surface area contributed by atoms with Crippen molar-refractivity contribution in [2.45, 2.75) is 23.6 Å². The molecule has 0 aliphatic carbocycles. The van der Waals surface area contributed by atoms with Gasteiger partial charge in [-0.2, -0.15) is 0 Å². The third-order valence-electron chi connectivity index (χ3n) is 3.37. The number of thioether (sulfide) groups is 1. The van der Waals surface area contributed by atoms with E-state index in [-0.39, 0.29) is 4.90 Å². The highest BCUT2D eigenvalue weighted by Crippen LogP contribution is 2.32. The lowest BCUT2D eigenvalue weighted by Gasteiger charge is -2.25. The summed E-state index contributed by atoms with van der Waals surface area (Å²) in [4.78, 5) is 1.31. The number of hydrogen-bond donors (Lipinski definition) is 0. The minimum absolute atomic E-state index is 0.281. The summed E-state index contributed by atoms with van der Waals surface area (Å²) in [5.41, 5.74) is 0.561. The highest BCUT2D eigenvalue weighted by Gasteiger charge is 2.25. The standard InChI is InChI=1S/C17H21NO3S2/c1-4-18(16-8-6-7-9-17(16)21-5-2)23(19,20)15-12-10-14(22-3)11-13-15/h6-13H,4-5H2,1-3H3. The van der Waals surface area contributed by atoms with E-state index in [1.807, 2.05) is 44.4 Å². The molecule has 0 amide bonds. The van der Waals surface area contributed by atoms with Crippen LogP contribution >= 0.6 is 11.8 Å². The van der Waals surface area contributed by atoms with Gasteiger partial charge in [-0.25, -0.2) is 8.42 Å². The van der Waals surface area contributed by atoms with Crippen molar-refractivity contribution in [1.29, 1.82) is 0 Å². The number of anilines is 1. The number of benzene rings is 2. The summed E-state index contributed by atoms with van der Waals surface area (Å²) in [6.07, 6.45) is 1.96. The van der Waals surface area contributed by atoms with E-state index in [2.05, 4.69) is 0 Å². The molecule has 0 saturated heterocycles. The van der Waals surface area contributed by atoms with Gasteiger partial charge in [0.15, 0.2) is 0 Å². The van der Waals surface area contributed by atoms with Gasteiger partial charge in [0.05, 0.1) is 17.2 Å². The molecule has 0 N–H and O–H groups in total. The maximum atomic E-state index is 13.0. The van der Waals surface area contributed by atoms with Crippen LogP contribution < -0.4 is 9.04 Å². The second-order valence-corrected chi connectivity index (χ2v) is 7.49. The highest BCUT2D eigenvalue weighted by atomic mass is 32.2. The van der Waals surface area contributed by atoms with E-state index >= 15 is 0 Å². The van der Waals surface area contributed by atoms with Gasteiger partial charge in [0.1, 0.15) is 5.75 Å². The average Bonchev–Trinajstić information content (AvgIpc) is 2.57. The lowest BCUT2D eigenvalue weighted by molar-refractivity contribution is 0.341. The van der Waals surface area contributed by atoms with Crippen molar-refractivity contribution < 1.29 is 13.2 Å². The van der Waals surface area contributed by atoms with Crippen LogP contribution in [0.1, 0.15) is 13.8 Å². The van der Waals surface area contributed by atoms with Gasteiger partial charge in [-0.1, -0.05) is 12.1 Å². The van der Waals surface area contributed by atoms with Crippen molar-refractivity contribution in [3.8, 4) is 5.75 Å². The van der Waals surface area contributed by atoms with Gasteiger partial charge in [-0.15, -0.1) is 11.8 Å². The lowest BCUT2D eigenvalue weighted by atomic mass is 10.3. The number of para-hydroxylation sites is 2. The van der Waals surface area contributed by atoms with E-state index in [0.29, 0.717) is 24.6 Å². The molecule has 0 radical (unpaired) electrons. The van der Waals surface area contributed by atoms with Crippen LogP contribution in [0.2, 0.25) is 0 Å². The molecule has 23 heavy (non-hydrogen) atoms. The fourth-order valence-corrected chi connectivity index (χ4v) is 4.18. The molecule has 2 rings (SSSR count). The zero-order chi connectivity index (χ0) is 16.9. The molecule has 4 nitrogen and oxygen atoms in total. The van der Waals surface area contributed by atoms with Crippen molar-refractivity contribution >= 4 is 27.5 Å². The maximum Gasteiger partial charge on any atom is 0.264 e. The fourth-order valence-electron chi connectivity index (χ4n) is 2.29. The van der Waals surface area contributed by atoms with Crippen molar-refractivity contribution in [2.24, 2.45) is 0 Å². The normalized spacial score (nSPS) is 11.3. The van der Waals surface area contributed by atoms with Gasteiger partial charge in [-0.3, -0.25) is 4.31 Å². The Labute approximate surface area is 142 Å². The van der Waals surface area contributed by atoms with Crippen LogP contribution in [0, 0.1) is 0 Å². The third kappa shape index (κ3) is 3.82. The number of hydrogen-bond acceptors (Lipinski definition) is 4. The quantitative estimate of drug-likeness (QED) is 0.707. The Kier molecular flexibility index (Phi) is 5.96. The van der Waals surface area contributed by atoms with Crippen molar-refractivity contribution in [2.75, 3.05) is 23.7 Å². The molecule has 0 aliphatic heterocycles. The predicted octanol–water partition coefficient (Wildman–Crippen LogP) is 4.02. The summed E-state index contributed by atoms with van der Waals surface area (Å²) < 4.78 is 32.9. The molecule has 0 fully saturated rings. The molecule has 2 aromatic rings. The van der Waals surface area contributed by atoms with Crippen LogP contribution in [0.15, 0.2) is 58.3 Å². The summed E-state index contributed by atoms with van der Waals surface area (Å²) in [6.45, 7) is 4.51. The molecule has 0 saturated carbocycles. The number of nitrogens with zero attached hydrogens (tertiary/aromatic N) is 1. The molecule has 2 aromatic carbocycles. The molecule has 0 aliphatic rings. The summed E-state index contributed by atoms with van der Waals surface area (Å²) in [6, 6.07) is 14.1. The Hall–Kier alpha value is -1.66. The summed E-state index contributed by atoms with van der Waals surface area (Å²) in [5, 5.41) is 0. The molecule has 0 aromatic heterocycles. The number of ether oxygens (including phenoxy) is 1. The first kappa shape index (κ1) is 17.7. The molecule has 0 spiro atoms. The minimum Gasteiger partial charge on any atom is -0.492 e. The SMILES string of the molecule is CCOc1ccccc1N(CC)S(=O)(=O)c1ccc(SC)cc1. The first-order valence-corrected chi connectivity index (χ1v) is 10.1. The van der Waals surface area contributed by atoms with Gasteiger partial charge < -0.3 is 4.74 Å². The van der Waals surface area contributed by atoms with E-state index in [0.717, 1.165) is 4.90 Å². The predicted molar refractivity (Wildman–Crippen MR) is 96.0 cm³/mol. The van der Waals surface area contributed by atoms with E-state index in [1.54, 1.807) is 36.0 Å². The van der Waals surface area contributed by atoms with Crippen LogP contribution in [0.25, 0.3) is 0 Å².